The van der Waals surface area contributed by atoms with Gasteiger partial charge in [0.1, 0.15) is 0 Å². The van der Waals surface area contributed by atoms with Crippen LogP contribution in [-0.4, -0.2) is 23.5 Å². The highest BCUT2D eigenvalue weighted by Gasteiger charge is 2.08. The quantitative estimate of drug-likeness (QED) is 0.822. The molecule has 2 nitrogen and oxygen atoms in total. The average Bonchev–Trinajstić information content (AvgIpc) is 2.21. The topological polar surface area (TPSA) is 29.3 Å². The molecule has 0 heterocycles. The molecule has 1 unspecified atom stereocenters. The van der Waals surface area contributed by atoms with E-state index >= 15 is 0 Å². The fourth-order valence-corrected chi connectivity index (χ4v) is 1.72. The summed E-state index contributed by atoms with van der Waals surface area (Å²) in [4.78, 5) is 2.77. The Morgan fingerprint density at radius 1 is 1.44 bits per heavy atom. The fourth-order valence-electron chi connectivity index (χ4n) is 1.52. The summed E-state index contributed by atoms with van der Waals surface area (Å²) in [6.07, 6.45) is 0. The number of benzene rings is 1. The van der Waals surface area contributed by atoms with E-state index in [1.807, 2.05) is 31.2 Å². The van der Waals surface area contributed by atoms with Crippen molar-refractivity contribution in [2.24, 2.45) is 11.7 Å². The van der Waals surface area contributed by atoms with E-state index in [0.717, 1.165) is 18.1 Å². The summed E-state index contributed by atoms with van der Waals surface area (Å²) in [6, 6.07) is 7.87. The number of hydrogen-bond acceptors (Lipinski definition) is 2. The Balaban J connectivity index is 2.48. The van der Waals surface area contributed by atoms with Crippen LogP contribution in [0.2, 0.25) is 5.02 Å². The monoisotopic (exact) mass is 256 g/mol. The molecule has 0 radical (unpaired) electrons. The number of halogens is 1. The van der Waals surface area contributed by atoms with Crippen molar-refractivity contribution in [3.63, 3.8) is 0 Å². The minimum absolute atomic E-state index is 0.243. The minimum atomic E-state index is 0.243. The molecule has 0 aliphatic carbocycles. The smallest absolute Gasteiger partial charge is 0.0768 e. The third kappa shape index (κ3) is 4.47. The molecule has 88 valence electrons. The van der Waals surface area contributed by atoms with Gasteiger partial charge in [-0.2, -0.15) is 0 Å². The molecule has 0 aliphatic heterocycles. The SMILES string of the molecule is CC(CN(C)Cc1ccc(Cl)cc1)C(N)=S. The first-order valence-electron chi connectivity index (χ1n) is 5.21. The van der Waals surface area contributed by atoms with Crippen molar-refractivity contribution in [2.45, 2.75) is 13.5 Å². The minimum Gasteiger partial charge on any atom is -0.393 e. The second-order valence-electron chi connectivity index (χ2n) is 4.13. The molecule has 1 aromatic rings. The molecule has 1 rings (SSSR count). The maximum absolute atomic E-state index is 5.83. The summed E-state index contributed by atoms with van der Waals surface area (Å²) in [6.45, 7) is 3.79. The lowest BCUT2D eigenvalue weighted by atomic mass is 10.1. The summed E-state index contributed by atoms with van der Waals surface area (Å²) in [5, 5.41) is 0.767. The van der Waals surface area contributed by atoms with Gasteiger partial charge in [0, 0.05) is 24.0 Å². The maximum atomic E-state index is 5.83. The Bertz CT molecular complexity index is 351. The van der Waals surface area contributed by atoms with Crippen LogP contribution < -0.4 is 5.73 Å². The zero-order chi connectivity index (χ0) is 12.1. The van der Waals surface area contributed by atoms with Crippen molar-refractivity contribution >= 4 is 28.8 Å². The molecule has 0 saturated heterocycles. The molecule has 16 heavy (non-hydrogen) atoms. The second-order valence-corrected chi connectivity index (χ2v) is 5.03. The van der Waals surface area contributed by atoms with E-state index in [1.54, 1.807) is 0 Å². The van der Waals surface area contributed by atoms with Crippen molar-refractivity contribution in [2.75, 3.05) is 13.6 Å². The predicted octanol–water partition coefficient (Wildman–Crippen LogP) is 2.69. The van der Waals surface area contributed by atoms with E-state index in [1.165, 1.54) is 5.56 Å². The van der Waals surface area contributed by atoms with E-state index < -0.39 is 0 Å². The van der Waals surface area contributed by atoms with Crippen LogP contribution in [0.3, 0.4) is 0 Å². The molecule has 4 heteroatoms. The van der Waals surface area contributed by atoms with Gasteiger partial charge in [-0.05, 0) is 24.7 Å². The number of nitrogens with zero attached hydrogens (tertiary/aromatic N) is 1. The molecule has 0 spiro atoms. The van der Waals surface area contributed by atoms with Crippen LogP contribution in [0, 0.1) is 5.92 Å². The standard InChI is InChI=1S/C12H17ClN2S/c1-9(12(14)16)7-15(2)8-10-3-5-11(13)6-4-10/h3-6,9H,7-8H2,1-2H3,(H2,14,16). The highest BCUT2D eigenvalue weighted by Crippen LogP contribution is 2.11. The number of thiocarbonyl (C=S) groups is 1. The normalized spacial score (nSPS) is 12.8. The van der Waals surface area contributed by atoms with Gasteiger partial charge in [0.05, 0.1) is 4.99 Å². The van der Waals surface area contributed by atoms with Crippen molar-refractivity contribution in [1.82, 2.24) is 4.90 Å². The van der Waals surface area contributed by atoms with Gasteiger partial charge in [0.25, 0.3) is 0 Å². The van der Waals surface area contributed by atoms with Gasteiger partial charge < -0.3 is 10.6 Å². The lowest BCUT2D eigenvalue weighted by molar-refractivity contribution is 0.308. The largest absolute Gasteiger partial charge is 0.393 e. The van der Waals surface area contributed by atoms with Crippen LogP contribution in [0.15, 0.2) is 24.3 Å². The predicted molar refractivity (Wildman–Crippen MR) is 73.7 cm³/mol. The Kier molecular flexibility index (Phi) is 5.19. The van der Waals surface area contributed by atoms with Crippen molar-refractivity contribution in [3.05, 3.63) is 34.9 Å². The first-order valence-corrected chi connectivity index (χ1v) is 6.00. The average molecular weight is 257 g/mol. The van der Waals surface area contributed by atoms with Gasteiger partial charge in [-0.25, -0.2) is 0 Å². The second kappa shape index (κ2) is 6.18. The number of nitrogens with two attached hydrogens (primary N) is 1. The Labute approximate surface area is 107 Å². The van der Waals surface area contributed by atoms with Gasteiger partial charge in [0.15, 0.2) is 0 Å². The molecule has 0 amide bonds. The van der Waals surface area contributed by atoms with E-state index in [2.05, 4.69) is 11.9 Å². The van der Waals surface area contributed by atoms with Crippen LogP contribution in [-0.2, 0) is 6.54 Å². The van der Waals surface area contributed by atoms with Crippen molar-refractivity contribution < 1.29 is 0 Å². The summed E-state index contributed by atoms with van der Waals surface area (Å²) in [5.41, 5.74) is 6.82. The molecular formula is C12H17ClN2S. The molecule has 1 aromatic carbocycles. The summed E-state index contributed by atoms with van der Waals surface area (Å²) in [7, 11) is 2.06. The summed E-state index contributed by atoms with van der Waals surface area (Å²) in [5.74, 6) is 0.243. The molecule has 0 aromatic heterocycles. The van der Waals surface area contributed by atoms with Gasteiger partial charge in [-0.15, -0.1) is 0 Å². The fraction of sp³-hybridized carbons (Fsp3) is 0.417. The van der Waals surface area contributed by atoms with Gasteiger partial charge in [0.2, 0.25) is 0 Å². The molecule has 0 bridgehead atoms. The first-order chi connectivity index (χ1) is 7.49. The Morgan fingerprint density at radius 3 is 2.50 bits per heavy atom. The highest BCUT2D eigenvalue weighted by atomic mass is 35.5. The Hall–Kier alpha value is -0.640. The Morgan fingerprint density at radius 2 is 2.00 bits per heavy atom. The van der Waals surface area contributed by atoms with E-state index in [0.29, 0.717) is 4.99 Å². The molecule has 0 fully saturated rings. The lowest BCUT2D eigenvalue weighted by Crippen LogP contribution is -2.31. The summed E-state index contributed by atoms with van der Waals surface area (Å²) >= 11 is 10.8. The third-order valence-electron chi connectivity index (χ3n) is 2.44. The van der Waals surface area contributed by atoms with Crippen LogP contribution >= 0.6 is 23.8 Å². The van der Waals surface area contributed by atoms with E-state index in [9.17, 15) is 0 Å². The van der Waals surface area contributed by atoms with Crippen LogP contribution in [0.1, 0.15) is 12.5 Å². The van der Waals surface area contributed by atoms with Gasteiger partial charge >= 0.3 is 0 Å². The first kappa shape index (κ1) is 13.4. The highest BCUT2D eigenvalue weighted by molar-refractivity contribution is 7.80. The maximum Gasteiger partial charge on any atom is 0.0768 e. The number of rotatable bonds is 5. The van der Waals surface area contributed by atoms with Crippen molar-refractivity contribution in [3.8, 4) is 0 Å². The molecule has 1 atom stereocenters. The molecule has 2 N–H and O–H groups in total. The van der Waals surface area contributed by atoms with E-state index in [-0.39, 0.29) is 5.92 Å². The van der Waals surface area contributed by atoms with E-state index in [4.69, 9.17) is 29.6 Å². The lowest BCUT2D eigenvalue weighted by Gasteiger charge is -2.20. The van der Waals surface area contributed by atoms with Gasteiger partial charge in [-0.1, -0.05) is 42.9 Å². The molecule has 0 saturated carbocycles. The zero-order valence-corrected chi connectivity index (χ0v) is 11.2. The molecular weight excluding hydrogens is 240 g/mol. The van der Waals surface area contributed by atoms with Crippen LogP contribution in [0.25, 0.3) is 0 Å². The number of hydrogen-bond donors (Lipinski definition) is 1. The third-order valence-corrected chi connectivity index (χ3v) is 3.09. The van der Waals surface area contributed by atoms with Crippen LogP contribution in [0.4, 0.5) is 0 Å². The zero-order valence-electron chi connectivity index (χ0n) is 9.61. The van der Waals surface area contributed by atoms with Gasteiger partial charge in [-0.3, -0.25) is 0 Å². The summed E-state index contributed by atoms with van der Waals surface area (Å²) < 4.78 is 0. The molecule has 0 aliphatic rings. The van der Waals surface area contributed by atoms with Crippen LogP contribution in [0.5, 0.6) is 0 Å². The van der Waals surface area contributed by atoms with Crippen molar-refractivity contribution in [1.29, 1.82) is 0 Å².